The summed E-state index contributed by atoms with van der Waals surface area (Å²) in [5, 5.41) is 3.14. The Hall–Kier alpha value is -1.03. The third-order valence-electron chi connectivity index (χ3n) is 2.08. The number of rotatable bonds is 4. The highest BCUT2D eigenvalue weighted by Gasteiger charge is 2.09. The van der Waals surface area contributed by atoms with Crippen molar-refractivity contribution in [2.75, 3.05) is 5.32 Å². The van der Waals surface area contributed by atoms with Crippen LogP contribution in [0.25, 0.3) is 0 Å². The van der Waals surface area contributed by atoms with E-state index < -0.39 is 0 Å². The summed E-state index contributed by atoms with van der Waals surface area (Å²) >= 11 is 5.87. The molecular formula is C10H16ClN3O. The summed E-state index contributed by atoms with van der Waals surface area (Å²) < 4.78 is 1.49. The highest BCUT2D eigenvalue weighted by atomic mass is 35.5. The lowest BCUT2D eigenvalue weighted by atomic mass is 10.2. The number of aromatic nitrogens is 2. The molecule has 0 radical (unpaired) electrons. The second-order valence-corrected chi connectivity index (χ2v) is 4.50. The van der Waals surface area contributed by atoms with Gasteiger partial charge in [-0.05, 0) is 20.3 Å². The lowest BCUT2D eigenvalue weighted by molar-refractivity contribution is 0.688. The van der Waals surface area contributed by atoms with Crippen LogP contribution in [0.4, 0.5) is 5.82 Å². The Morgan fingerprint density at radius 2 is 2.27 bits per heavy atom. The molecular weight excluding hydrogens is 214 g/mol. The van der Waals surface area contributed by atoms with E-state index >= 15 is 0 Å². The molecule has 0 aliphatic rings. The minimum atomic E-state index is -0.119. The summed E-state index contributed by atoms with van der Waals surface area (Å²) in [5.74, 6) is 0.379. The van der Waals surface area contributed by atoms with Crippen molar-refractivity contribution in [2.45, 2.75) is 31.7 Å². The largest absolute Gasteiger partial charge is 0.363 e. The lowest BCUT2D eigenvalue weighted by Gasteiger charge is -2.15. The number of aryl methyl sites for hydroxylation is 1. The third kappa shape index (κ3) is 3.55. The molecule has 0 saturated heterocycles. The first-order valence-electron chi connectivity index (χ1n) is 4.93. The van der Waals surface area contributed by atoms with Crippen LogP contribution in [-0.2, 0) is 7.05 Å². The topological polar surface area (TPSA) is 46.9 Å². The Bertz CT molecular complexity index is 375. The van der Waals surface area contributed by atoms with Gasteiger partial charge in [-0.25, -0.2) is 4.98 Å². The van der Waals surface area contributed by atoms with Crippen molar-refractivity contribution in [3.63, 3.8) is 0 Å². The summed E-state index contributed by atoms with van der Waals surface area (Å²) in [5.41, 5.74) is -0.119. The Morgan fingerprint density at radius 3 is 2.87 bits per heavy atom. The Labute approximate surface area is 94.3 Å². The van der Waals surface area contributed by atoms with E-state index in [2.05, 4.69) is 10.3 Å². The highest BCUT2D eigenvalue weighted by molar-refractivity contribution is 6.20. The fourth-order valence-electron chi connectivity index (χ4n) is 1.38. The van der Waals surface area contributed by atoms with Crippen LogP contribution in [0.3, 0.4) is 0 Å². The zero-order valence-corrected chi connectivity index (χ0v) is 9.95. The summed E-state index contributed by atoms with van der Waals surface area (Å²) in [6.07, 6.45) is 4.02. The predicted octanol–water partition coefficient (Wildman–Crippen LogP) is 1.60. The van der Waals surface area contributed by atoms with Gasteiger partial charge in [0.25, 0.3) is 5.56 Å². The second-order valence-electron chi connectivity index (χ2n) is 3.75. The molecule has 0 saturated carbocycles. The molecule has 1 N–H and O–H groups in total. The maximum Gasteiger partial charge on any atom is 0.293 e. The SMILES string of the molecule is CC(Cl)CC(C)Nc1nccn(C)c1=O. The minimum Gasteiger partial charge on any atom is -0.363 e. The maximum atomic E-state index is 11.6. The molecule has 5 heteroatoms. The van der Waals surface area contributed by atoms with Gasteiger partial charge in [-0.3, -0.25) is 4.79 Å². The first-order valence-corrected chi connectivity index (χ1v) is 5.36. The summed E-state index contributed by atoms with van der Waals surface area (Å²) in [7, 11) is 1.70. The van der Waals surface area contributed by atoms with Crippen molar-refractivity contribution in [2.24, 2.45) is 7.05 Å². The number of hydrogen-bond donors (Lipinski definition) is 1. The quantitative estimate of drug-likeness (QED) is 0.798. The summed E-state index contributed by atoms with van der Waals surface area (Å²) in [6, 6.07) is 0.139. The molecule has 2 atom stereocenters. The van der Waals surface area contributed by atoms with Crippen LogP contribution in [0.5, 0.6) is 0 Å². The standard InChI is InChI=1S/C10H16ClN3O/c1-7(11)6-8(2)13-9-10(15)14(3)5-4-12-9/h4-5,7-8H,6H2,1-3H3,(H,12,13). The molecule has 1 rings (SSSR count). The van der Waals surface area contributed by atoms with Gasteiger partial charge in [-0.1, -0.05) is 0 Å². The molecule has 0 aromatic carbocycles. The van der Waals surface area contributed by atoms with Gasteiger partial charge in [0, 0.05) is 30.9 Å². The van der Waals surface area contributed by atoms with E-state index in [1.54, 1.807) is 19.4 Å². The van der Waals surface area contributed by atoms with Gasteiger partial charge in [0.1, 0.15) is 0 Å². The molecule has 0 aliphatic carbocycles. The van der Waals surface area contributed by atoms with Crippen LogP contribution in [0.15, 0.2) is 17.2 Å². The number of alkyl halides is 1. The number of halogens is 1. The average Bonchev–Trinajstić information content (AvgIpc) is 2.11. The van der Waals surface area contributed by atoms with Gasteiger partial charge in [-0.2, -0.15) is 0 Å². The van der Waals surface area contributed by atoms with Gasteiger partial charge in [0.15, 0.2) is 5.82 Å². The van der Waals surface area contributed by atoms with Crippen LogP contribution in [0, 0.1) is 0 Å². The third-order valence-corrected chi connectivity index (χ3v) is 2.26. The predicted molar refractivity (Wildman–Crippen MR) is 62.5 cm³/mol. The van der Waals surface area contributed by atoms with Gasteiger partial charge in [0.05, 0.1) is 0 Å². The summed E-state index contributed by atoms with van der Waals surface area (Å²) in [6.45, 7) is 3.91. The Morgan fingerprint density at radius 1 is 1.60 bits per heavy atom. The molecule has 0 fully saturated rings. The van der Waals surface area contributed by atoms with Gasteiger partial charge in [-0.15, -0.1) is 11.6 Å². The van der Waals surface area contributed by atoms with Crippen LogP contribution in [0.1, 0.15) is 20.3 Å². The van der Waals surface area contributed by atoms with Crippen molar-refractivity contribution in [1.82, 2.24) is 9.55 Å². The molecule has 0 bridgehead atoms. The summed E-state index contributed by atoms with van der Waals surface area (Å²) in [4.78, 5) is 15.6. The zero-order chi connectivity index (χ0) is 11.4. The Kier molecular flexibility index (Phi) is 4.15. The van der Waals surface area contributed by atoms with Crippen LogP contribution in [0.2, 0.25) is 0 Å². The first-order chi connectivity index (χ1) is 7.00. The van der Waals surface area contributed by atoms with Gasteiger partial charge < -0.3 is 9.88 Å². The fourth-order valence-corrected chi connectivity index (χ4v) is 1.64. The first kappa shape index (κ1) is 12.0. The van der Waals surface area contributed by atoms with E-state index in [4.69, 9.17) is 11.6 Å². The molecule has 2 unspecified atom stereocenters. The van der Waals surface area contributed by atoms with Crippen LogP contribution in [-0.4, -0.2) is 21.0 Å². The Balaban J connectivity index is 2.73. The van der Waals surface area contributed by atoms with Crippen molar-refractivity contribution in [3.8, 4) is 0 Å². The molecule has 0 amide bonds. The molecule has 15 heavy (non-hydrogen) atoms. The lowest BCUT2D eigenvalue weighted by Crippen LogP contribution is -2.27. The van der Waals surface area contributed by atoms with Crippen LogP contribution < -0.4 is 10.9 Å². The minimum absolute atomic E-state index is 0.0834. The maximum absolute atomic E-state index is 11.6. The van der Waals surface area contributed by atoms with E-state index in [-0.39, 0.29) is 17.0 Å². The number of nitrogens with zero attached hydrogens (tertiary/aromatic N) is 2. The van der Waals surface area contributed by atoms with Crippen molar-refractivity contribution < 1.29 is 0 Å². The van der Waals surface area contributed by atoms with Crippen LogP contribution >= 0.6 is 11.6 Å². The zero-order valence-electron chi connectivity index (χ0n) is 9.20. The van der Waals surface area contributed by atoms with E-state index in [1.165, 1.54) is 4.57 Å². The van der Waals surface area contributed by atoms with Crippen molar-refractivity contribution >= 4 is 17.4 Å². The van der Waals surface area contributed by atoms with E-state index in [0.717, 1.165) is 6.42 Å². The average molecular weight is 230 g/mol. The molecule has 4 nitrogen and oxygen atoms in total. The molecule has 1 heterocycles. The molecule has 0 spiro atoms. The van der Waals surface area contributed by atoms with E-state index in [1.807, 2.05) is 13.8 Å². The second kappa shape index (κ2) is 5.16. The molecule has 0 aliphatic heterocycles. The molecule has 1 aromatic rings. The fraction of sp³-hybridized carbons (Fsp3) is 0.600. The monoisotopic (exact) mass is 229 g/mol. The highest BCUT2D eigenvalue weighted by Crippen LogP contribution is 2.07. The van der Waals surface area contributed by atoms with E-state index in [0.29, 0.717) is 5.82 Å². The number of hydrogen-bond acceptors (Lipinski definition) is 3. The normalized spacial score (nSPS) is 14.7. The van der Waals surface area contributed by atoms with Crippen molar-refractivity contribution in [1.29, 1.82) is 0 Å². The van der Waals surface area contributed by atoms with Crippen molar-refractivity contribution in [3.05, 3.63) is 22.7 Å². The molecule has 84 valence electrons. The number of anilines is 1. The van der Waals surface area contributed by atoms with Gasteiger partial charge in [0.2, 0.25) is 0 Å². The van der Waals surface area contributed by atoms with E-state index in [9.17, 15) is 4.79 Å². The molecule has 1 aromatic heterocycles. The number of nitrogens with one attached hydrogen (secondary N) is 1. The van der Waals surface area contributed by atoms with Gasteiger partial charge >= 0.3 is 0 Å². The smallest absolute Gasteiger partial charge is 0.293 e.